The van der Waals surface area contributed by atoms with Crippen LogP contribution in [0.15, 0.2) is 36.4 Å². The highest BCUT2D eigenvalue weighted by Gasteiger charge is 2.11. The van der Waals surface area contributed by atoms with Gasteiger partial charge in [-0.15, -0.1) is 0 Å². The summed E-state index contributed by atoms with van der Waals surface area (Å²) in [5, 5.41) is 1.48. The van der Waals surface area contributed by atoms with E-state index in [4.69, 9.17) is 10.5 Å². The molecule has 18 heavy (non-hydrogen) atoms. The van der Waals surface area contributed by atoms with Gasteiger partial charge < -0.3 is 10.5 Å². The maximum Gasteiger partial charge on any atom is 0.131 e. The van der Waals surface area contributed by atoms with Crippen molar-refractivity contribution in [1.82, 2.24) is 0 Å². The number of benzene rings is 2. The summed E-state index contributed by atoms with van der Waals surface area (Å²) in [7, 11) is 0. The van der Waals surface area contributed by atoms with Crippen molar-refractivity contribution in [2.24, 2.45) is 5.73 Å². The van der Waals surface area contributed by atoms with Gasteiger partial charge in [-0.3, -0.25) is 0 Å². The van der Waals surface area contributed by atoms with E-state index in [9.17, 15) is 4.39 Å². The van der Waals surface area contributed by atoms with Crippen LogP contribution in [-0.4, -0.2) is 13.2 Å². The van der Waals surface area contributed by atoms with Crippen LogP contribution < -0.4 is 5.73 Å². The Morgan fingerprint density at radius 2 is 1.89 bits per heavy atom. The lowest BCUT2D eigenvalue weighted by molar-refractivity contribution is 0.122. The van der Waals surface area contributed by atoms with Crippen LogP contribution in [0.25, 0.3) is 10.8 Å². The summed E-state index contributed by atoms with van der Waals surface area (Å²) < 4.78 is 19.1. The molecule has 2 nitrogen and oxygen atoms in total. The van der Waals surface area contributed by atoms with Gasteiger partial charge in [-0.25, -0.2) is 4.39 Å². The lowest BCUT2D eigenvalue weighted by atomic mass is 9.99. The number of hydrogen-bond acceptors (Lipinski definition) is 2. The van der Waals surface area contributed by atoms with Crippen LogP contribution >= 0.6 is 0 Å². The van der Waals surface area contributed by atoms with Gasteiger partial charge in [-0.2, -0.15) is 0 Å². The molecular formula is C15H18FNO. The minimum Gasteiger partial charge on any atom is -0.379 e. The van der Waals surface area contributed by atoms with E-state index < -0.39 is 0 Å². The lowest BCUT2D eigenvalue weighted by Crippen LogP contribution is -2.18. The molecule has 0 aliphatic rings. The van der Waals surface area contributed by atoms with Crippen molar-refractivity contribution in [2.75, 3.05) is 13.2 Å². The van der Waals surface area contributed by atoms with E-state index in [1.807, 2.05) is 18.2 Å². The Kier molecular flexibility index (Phi) is 4.28. The minimum atomic E-state index is -0.220. The Balaban J connectivity index is 2.30. The molecule has 0 bridgehead atoms. The van der Waals surface area contributed by atoms with Gasteiger partial charge >= 0.3 is 0 Å². The minimum absolute atomic E-state index is 0.212. The maximum absolute atomic E-state index is 13.7. The van der Waals surface area contributed by atoms with Gasteiger partial charge in [-0.1, -0.05) is 37.3 Å². The van der Waals surface area contributed by atoms with Crippen molar-refractivity contribution >= 4 is 10.8 Å². The van der Waals surface area contributed by atoms with Crippen molar-refractivity contribution in [1.29, 1.82) is 0 Å². The molecular weight excluding hydrogens is 229 g/mol. The van der Waals surface area contributed by atoms with Gasteiger partial charge in [0, 0.05) is 12.0 Å². The zero-order valence-electron chi connectivity index (χ0n) is 10.5. The molecule has 0 aromatic heterocycles. The van der Waals surface area contributed by atoms with E-state index in [1.54, 1.807) is 12.1 Å². The second kappa shape index (κ2) is 5.94. The van der Waals surface area contributed by atoms with Crippen molar-refractivity contribution in [2.45, 2.75) is 19.4 Å². The van der Waals surface area contributed by atoms with Gasteiger partial charge in [0.05, 0.1) is 12.6 Å². The fourth-order valence-corrected chi connectivity index (χ4v) is 2.05. The van der Waals surface area contributed by atoms with E-state index in [1.165, 1.54) is 6.07 Å². The molecule has 0 saturated heterocycles. The average molecular weight is 247 g/mol. The quantitative estimate of drug-likeness (QED) is 0.822. The zero-order chi connectivity index (χ0) is 13.0. The molecule has 2 aromatic carbocycles. The molecule has 0 amide bonds. The highest BCUT2D eigenvalue weighted by Crippen LogP contribution is 2.25. The van der Waals surface area contributed by atoms with Crippen LogP contribution in [0.2, 0.25) is 0 Å². The summed E-state index contributed by atoms with van der Waals surface area (Å²) in [4.78, 5) is 0. The third kappa shape index (κ3) is 2.68. The molecule has 0 fully saturated rings. The van der Waals surface area contributed by atoms with Crippen LogP contribution in [0.1, 0.15) is 24.9 Å². The topological polar surface area (TPSA) is 35.2 Å². The van der Waals surface area contributed by atoms with Crippen LogP contribution in [0.3, 0.4) is 0 Å². The van der Waals surface area contributed by atoms with Crippen molar-refractivity contribution in [3.8, 4) is 0 Å². The summed E-state index contributed by atoms with van der Waals surface area (Å²) >= 11 is 0. The van der Waals surface area contributed by atoms with Gasteiger partial charge in [0.2, 0.25) is 0 Å². The SMILES string of the molecule is CCCOCC(N)c1ccc(F)c2ccccc12. The maximum atomic E-state index is 13.7. The largest absolute Gasteiger partial charge is 0.379 e. The van der Waals surface area contributed by atoms with Crippen LogP contribution in [0, 0.1) is 5.82 Å². The third-order valence-corrected chi connectivity index (χ3v) is 2.95. The molecule has 0 heterocycles. The number of ether oxygens (including phenoxy) is 1. The average Bonchev–Trinajstić information content (AvgIpc) is 2.39. The van der Waals surface area contributed by atoms with Crippen molar-refractivity contribution in [3.63, 3.8) is 0 Å². The molecule has 0 saturated carbocycles. The summed E-state index contributed by atoms with van der Waals surface area (Å²) in [5.74, 6) is -0.212. The fourth-order valence-electron chi connectivity index (χ4n) is 2.05. The molecule has 2 N–H and O–H groups in total. The Morgan fingerprint density at radius 3 is 2.61 bits per heavy atom. The molecule has 2 rings (SSSR count). The van der Waals surface area contributed by atoms with Crippen LogP contribution in [0.4, 0.5) is 4.39 Å². The third-order valence-electron chi connectivity index (χ3n) is 2.95. The number of halogens is 1. The predicted molar refractivity (Wildman–Crippen MR) is 71.9 cm³/mol. The summed E-state index contributed by atoms with van der Waals surface area (Å²) in [6, 6.07) is 10.4. The van der Waals surface area contributed by atoms with Crippen LogP contribution in [-0.2, 0) is 4.74 Å². The standard InChI is InChI=1S/C15H18FNO/c1-2-9-18-10-15(17)13-7-8-14(16)12-6-4-3-5-11(12)13/h3-8,15H,2,9-10,17H2,1H3. The normalized spacial score (nSPS) is 12.8. The summed E-state index contributed by atoms with van der Waals surface area (Å²) in [6.07, 6.45) is 0.969. The highest BCUT2D eigenvalue weighted by molar-refractivity contribution is 5.86. The Bertz CT molecular complexity index is 527. The number of rotatable bonds is 5. The monoisotopic (exact) mass is 247 g/mol. The predicted octanol–water partition coefficient (Wildman–Crippen LogP) is 3.41. The first-order valence-corrected chi connectivity index (χ1v) is 6.24. The molecule has 0 aliphatic carbocycles. The molecule has 0 radical (unpaired) electrons. The molecule has 96 valence electrons. The van der Waals surface area contributed by atoms with E-state index in [0.29, 0.717) is 18.6 Å². The first-order valence-electron chi connectivity index (χ1n) is 6.24. The first kappa shape index (κ1) is 13.0. The second-order valence-corrected chi connectivity index (χ2v) is 4.36. The van der Waals surface area contributed by atoms with Gasteiger partial charge in [0.25, 0.3) is 0 Å². The number of nitrogens with two attached hydrogens (primary N) is 1. The first-order chi connectivity index (χ1) is 8.74. The highest BCUT2D eigenvalue weighted by atomic mass is 19.1. The lowest BCUT2D eigenvalue weighted by Gasteiger charge is -2.15. The van der Waals surface area contributed by atoms with E-state index in [-0.39, 0.29) is 11.9 Å². The van der Waals surface area contributed by atoms with Gasteiger partial charge in [0.15, 0.2) is 0 Å². The molecule has 0 spiro atoms. The molecule has 1 unspecified atom stereocenters. The smallest absolute Gasteiger partial charge is 0.131 e. The summed E-state index contributed by atoms with van der Waals surface area (Å²) in [5.41, 5.74) is 7.04. The Morgan fingerprint density at radius 1 is 1.17 bits per heavy atom. The molecule has 2 aromatic rings. The van der Waals surface area contributed by atoms with Crippen LogP contribution in [0.5, 0.6) is 0 Å². The molecule has 0 aliphatic heterocycles. The summed E-state index contributed by atoms with van der Waals surface area (Å²) in [6.45, 7) is 3.22. The zero-order valence-corrected chi connectivity index (χ0v) is 10.5. The van der Waals surface area contributed by atoms with Crippen molar-refractivity contribution in [3.05, 3.63) is 47.8 Å². The molecule has 3 heteroatoms. The van der Waals surface area contributed by atoms with Gasteiger partial charge in [0.1, 0.15) is 5.82 Å². The number of fused-ring (bicyclic) bond motifs is 1. The van der Waals surface area contributed by atoms with E-state index >= 15 is 0 Å². The second-order valence-electron chi connectivity index (χ2n) is 4.36. The van der Waals surface area contributed by atoms with E-state index in [2.05, 4.69) is 6.92 Å². The Hall–Kier alpha value is -1.45. The van der Waals surface area contributed by atoms with Crippen molar-refractivity contribution < 1.29 is 9.13 Å². The Labute approximate surface area is 107 Å². The fraction of sp³-hybridized carbons (Fsp3) is 0.333. The van der Waals surface area contributed by atoms with Gasteiger partial charge in [-0.05, 0) is 23.4 Å². The van der Waals surface area contributed by atoms with E-state index in [0.717, 1.165) is 17.4 Å². The number of hydrogen-bond donors (Lipinski definition) is 1. The molecule has 1 atom stereocenters.